The molecule has 2 aromatic carbocycles. The predicted octanol–water partition coefficient (Wildman–Crippen LogP) is 6.51. The number of thiophene rings is 1. The Balaban J connectivity index is 1.51. The van der Waals surface area contributed by atoms with E-state index in [4.69, 9.17) is 14.8 Å². The lowest BCUT2D eigenvalue weighted by molar-refractivity contribution is 0.386. The van der Waals surface area contributed by atoms with Crippen molar-refractivity contribution in [3.63, 3.8) is 0 Å². The topological polar surface area (TPSA) is 37.7 Å². The van der Waals surface area contributed by atoms with Gasteiger partial charge in [-0.2, -0.15) is 5.10 Å². The van der Waals surface area contributed by atoms with Crippen LogP contribution >= 0.6 is 22.7 Å². The van der Waals surface area contributed by atoms with Gasteiger partial charge >= 0.3 is 0 Å². The first-order chi connectivity index (χ1) is 15.1. The molecule has 31 heavy (non-hydrogen) atoms. The first-order valence-corrected chi connectivity index (χ1v) is 11.3. The molecule has 3 heterocycles. The summed E-state index contributed by atoms with van der Waals surface area (Å²) in [6, 6.07) is 15.2. The molecule has 5 rings (SSSR count). The Bertz CT molecular complexity index is 1240. The molecule has 1 aliphatic heterocycles. The van der Waals surface area contributed by atoms with E-state index in [9.17, 15) is 8.78 Å². The van der Waals surface area contributed by atoms with Crippen LogP contribution in [0.5, 0.6) is 5.75 Å². The molecule has 2 aromatic heterocycles. The smallest absolute Gasteiger partial charge is 0.207 e. The molecular formula is C23H17F2N3OS2. The zero-order valence-electron chi connectivity index (χ0n) is 16.5. The number of hydrogen-bond donors (Lipinski definition) is 0. The molecule has 156 valence electrons. The van der Waals surface area contributed by atoms with Crippen LogP contribution in [0.3, 0.4) is 0 Å². The minimum absolute atomic E-state index is 0.0932. The minimum Gasteiger partial charge on any atom is -0.494 e. The van der Waals surface area contributed by atoms with Crippen molar-refractivity contribution in [2.75, 3.05) is 12.1 Å². The highest BCUT2D eigenvalue weighted by molar-refractivity contribution is 7.14. The molecule has 0 amide bonds. The maximum Gasteiger partial charge on any atom is 0.207 e. The molecule has 0 fully saturated rings. The number of methoxy groups -OCH3 is 1. The third-order valence-corrected chi connectivity index (χ3v) is 6.86. The van der Waals surface area contributed by atoms with E-state index in [1.165, 1.54) is 36.6 Å². The van der Waals surface area contributed by atoms with E-state index < -0.39 is 5.82 Å². The van der Waals surface area contributed by atoms with Crippen LogP contribution in [0.4, 0.5) is 13.9 Å². The third-order valence-electron chi connectivity index (χ3n) is 5.11. The highest BCUT2D eigenvalue weighted by Gasteiger charge is 2.32. The monoisotopic (exact) mass is 453 g/mol. The zero-order chi connectivity index (χ0) is 21.4. The molecule has 4 nitrogen and oxygen atoms in total. The van der Waals surface area contributed by atoms with Gasteiger partial charge in [0.25, 0.3) is 0 Å². The molecule has 0 N–H and O–H groups in total. The normalized spacial score (nSPS) is 15.9. The highest BCUT2D eigenvalue weighted by Crippen LogP contribution is 2.40. The van der Waals surface area contributed by atoms with Crippen LogP contribution < -0.4 is 9.75 Å². The summed E-state index contributed by atoms with van der Waals surface area (Å²) in [5.74, 6) is -0.510. The first kappa shape index (κ1) is 19.8. The molecule has 1 aliphatic rings. The summed E-state index contributed by atoms with van der Waals surface area (Å²) < 4.78 is 32.6. The largest absolute Gasteiger partial charge is 0.494 e. The number of benzene rings is 2. The summed E-state index contributed by atoms with van der Waals surface area (Å²) >= 11 is 3.08. The molecule has 8 heteroatoms. The Morgan fingerprint density at radius 2 is 1.90 bits per heavy atom. The number of hydrazone groups is 1. The fourth-order valence-corrected chi connectivity index (χ4v) is 5.10. The molecule has 1 atom stereocenters. The van der Waals surface area contributed by atoms with E-state index in [2.05, 4.69) is 0 Å². The van der Waals surface area contributed by atoms with Gasteiger partial charge in [0.2, 0.25) is 5.13 Å². The Hall–Kier alpha value is -3.10. The fraction of sp³-hybridized carbons (Fsp3) is 0.130. The van der Waals surface area contributed by atoms with Gasteiger partial charge in [0.15, 0.2) is 11.6 Å². The lowest BCUT2D eigenvalue weighted by Crippen LogP contribution is -2.18. The third kappa shape index (κ3) is 3.84. The van der Waals surface area contributed by atoms with Gasteiger partial charge in [-0.25, -0.2) is 18.8 Å². The van der Waals surface area contributed by atoms with Crippen molar-refractivity contribution in [2.45, 2.75) is 12.5 Å². The van der Waals surface area contributed by atoms with Gasteiger partial charge in [-0.1, -0.05) is 18.2 Å². The van der Waals surface area contributed by atoms with Crippen molar-refractivity contribution in [3.8, 4) is 17.0 Å². The first-order valence-electron chi connectivity index (χ1n) is 9.58. The Morgan fingerprint density at radius 1 is 1.06 bits per heavy atom. The van der Waals surface area contributed by atoms with E-state index in [-0.39, 0.29) is 17.6 Å². The molecule has 0 radical (unpaired) electrons. The summed E-state index contributed by atoms with van der Waals surface area (Å²) in [4.78, 5) is 5.83. The number of ether oxygens (including phenoxy) is 1. The van der Waals surface area contributed by atoms with E-state index in [0.29, 0.717) is 22.8 Å². The van der Waals surface area contributed by atoms with Crippen molar-refractivity contribution in [1.29, 1.82) is 0 Å². The number of rotatable bonds is 5. The number of halogens is 2. The van der Waals surface area contributed by atoms with Gasteiger partial charge in [0.1, 0.15) is 5.82 Å². The van der Waals surface area contributed by atoms with E-state index in [0.717, 1.165) is 16.2 Å². The van der Waals surface area contributed by atoms with Crippen LogP contribution in [0.15, 0.2) is 70.5 Å². The Labute approximate surface area is 186 Å². The molecule has 0 aliphatic carbocycles. The van der Waals surface area contributed by atoms with Crippen molar-refractivity contribution < 1.29 is 13.5 Å². The second kappa shape index (κ2) is 8.20. The van der Waals surface area contributed by atoms with Crippen LogP contribution in [0.1, 0.15) is 22.9 Å². The number of nitrogens with zero attached hydrogens (tertiary/aromatic N) is 3. The number of thiazole rings is 1. The maximum atomic E-state index is 14.2. The van der Waals surface area contributed by atoms with Crippen LogP contribution in [0.25, 0.3) is 11.3 Å². The van der Waals surface area contributed by atoms with Crippen molar-refractivity contribution in [1.82, 2.24) is 4.98 Å². The fourth-order valence-electron chi connectivity index (χ4n) is 3.55. The van der Waals surface area contributed by atoms with E-state index in [1.54, 1.807) is 35.6 Å². The SMILES string of the molecule is COc1ccc(-c2csc(N3N=C(c4cccs4)C[C@@H]3c3ccc(F)cc3)n2)cc1F. The standard InChI is InChI=1S/C23H17F2N3OS2/c1-29-21-9-6-15(11-17(21)25)19-13-31-23(26-19)28-20(14-4-7-16(24)8-5-14)12-18(27-28)22-3-2-10-30-22/h2-11,13,20H,12H2,1H3/t20-/m1/s1. The quantitative estimate of drug-likeness (QED) is 0.346. The highest BCUT2D eigenvalue weighted by atomic mass is 32.1. The van der Waals surface area contributed by atoms with Crippen molar-refractivity contribution in [3.05, 3.63) is 87.4 Å². The van der Waals surface area contributed by atoms with E-state index >= 15 is 0 Å². The summed E-state index contributed by atoms with van der Waals surface area (Å²) in [6.07, 6.45) is 0.693. The summed E-state index contributed by atoms with van der Waals surface area (Å²) in [5, 5.41) is 11.3. The summed E-state index contributed by atoms with van der Waals surface area (Å²) in [6.45, 7) is 0. The van der Waals surface area contributed by atoms with Gasteiger partial charge in [-0.05, 0) is 47.3 Å². The predicted molar refractivity (Wildman–Crippen MR) is 121 cm³/mol. The number of aromatic nitrogens is 1. The van der Waals surface area contributed by atoms with Gasteiger partial charge in [0, 0.05) is 17.4 Å². The Kier molecular flexibility index (Phi) is 5.25. The van der Waals surface area contributed by atoms with Gasteiger partial charge in [-0.15, -0.1) is 22.7 Å². The molecule has 0 saturated heterocycles. The minimum atomic E-state index is -0.432. The second-order valence-corrected chi connectivity index (χ2v) is 8.79. The molecule has 0 bridgehead atoms. The summed E-state index contributed by atoms with van der Waals surface area (Å²) in [7, 11) is 1.44. The lowest BCUT2D eigenvalue weighted by atomic mass is 10.0. The van der Waals surface area contributed by atoms with Gasteiger partial charge in [-0.3, -0.25) is 0 Å². The lowest BCUT2D eigenvalue weighted by Gasteiger charge is -2.21. The average molecular weight is 454 g/mol. The molecular weight excluding hydrogens is 436 g/mol. The molecule has 4 aromatic rings. The van der Waals surface area contributed by atoms with E-state index in [1.807, 2.05) is 27.9 Å². The molecule has 0 spiro atoms. The van der Waals surface area contributed by atoms with Crippen LogP contribution in [-0.2, 0) is 0 Å². The maximum absolute atomic E-state index is 14.2. The molecule has 0 saturated carbocycles. The zero-order valence-corrected chi connectivity index (χ0v) is 18.1. The average Bonchev–Trinajstić information content (AvgIpc) is 3.54. The Morgan fingerprint density at radius 3 is 2.61 bits per heavy atom. The van der Waals surface area contributed by atoms with Crippen LogP contribution in [-0.4, -0.2) is 17.8 Å². The van der Waals surface area contributed by atoms with Gasteiger partial charge in [0.05, 0.1) is 29.4 Å². The van der Waals surface area contributed by atoms with Crippen molar-refractivity contribution >= 4 is 33.5 Å². The van der Waals surface area contributed by atoms with Crippen LogP contribution in [0.2, 0.25) is 0 Å². The van der Waals surface area contributed by atoms with Gasteiger partial charge < -0.3 is 4.74 Å². The summed E-state index contributed by atoms with van der Waals surface area (Å²) in [5.41, 5.74) is 3.26. The second-order valence-electron chi connectivity index (χ2n) is 7.00. The van der Waals surface area contributed by atoms with Crippen LogP contribution in [0, 0.1) is 11.6 Å². The number of anilines is 1. The number of hydrogen-bond acceptors (Lipinski definition) is 6. The van der Waals surface area contributed by atoms with Crippen molar-refractivity contribution in [2.24, 2.45) is 5.10 Å². The molecule has 0 unspecified atom stereocenters.